The summed E-state index contributed by atoms with van der Waals surface area (Å²) in [6.07, 6.45) is 0.834. The lowest BCUT2D eigenvalue weighted by Crippen LogP contribution is -2.26. The first-order chi connectivity index (χ1) is 12.1. The number of aliphatic hydroxyl groups is 1. The first kappa shape index (κ1) is 16.9. The second kappa shape index (κ2) is 7.72. The fourth-order valence-corrected chi connectivity index (χ4v) is 2.55. The zero-order valence-corrected chi connectivity index (χ0v) is 13.9. The molecule has 1 aromatic heterocycles. The van der Waals surface area contributed by atoms with Crippen molar-refractivity contribution >= 4 is 5.91 Å². The molecule has 128 valence electrons. The highest BCUT2D eigenvalue weighted by molar-refractivity contribution is 5.92. The van der Waals surface area contributed by atoms with Crippen LogP contribution in [-0.4, -0.2) is 26.0 Å². The van der Waals surface area contributed by atoms with Crippen molar-refractivity contribution in [3.8, 4) is 0 Å². The van der Waals surface area contributed by atoms with Gasteiger partial charge in [-0.15, -0.1) is 5.10 Å². The standard InChI is InChI=1S/C19H20N4O2/c1-14(15-8-4-2-5-9-15)20-19(25)17-12-23(22-21-17)13-18(24)16-10-6-3-7-11-16/h2-12,14,18,24H,13H2,1H3,(H,20,25). The third-order valence-electron chi connectivity index (χ3n) is 3.96. The number of rotatable bonds is 6. The molecule has 1 amide bonds. The molecule has 2 N–H and O–H groups in total. The van der Waals surface area contributed by atoms with Crippen LogP contribution in [0.1, 0.15) is 40.7 Å². The Bertz CT molecular complexity index is 818. The van der Waals surface area contributed by atoms with E-state index in [-0.39, 0.29) is 24.2 Å². The smallest absolute Gasteiger partial charge is 0.273 e. The molecule has 0 aliphatic heterocycles. The number of carbonyl (C=O) groups is 1. The normalized spacial score (nSPS) is 13.2. The van der Waals surface area contributed by atoms with Crippen molar-refractivity contribution in [3.05, 3.63) is 83.7 Å². The van der Waals surface area contributed by atoms with E-state index in [0.29, 0.717) is 0 Å². The van der Waals surface area contributed by atoms with Crippen molar-refractivity contribution in [1.82, 2.24) is 20.3 Å². The molecule has 0 aliphatic carbocycles. The van der Waals surface area contributed by atoms with Gasteiger partial charge in [0.15, 0.2) is 5.69 Å². The van der Waals surface area contributed by atoms with Crippen molar-refractivity contribution in [3.63, 3.8) is 0 Å². The van der Waals surface area contributed by atoms with Crippen LogP contribution >= 0.6 is 0 Å². The summed E-state index contributed by atoms with van der Waals surface area (Å²) >= 11 is 0. The van der Waals surface area contributed by atoms with Crippen LogP contribution in [0.3, 0.4) is 0 Å². The van der Waals surface area contributed by atoms with Crippen LogP contribution < -0.4 is 5.32 Å². The average Bonchev–Trinajstić information content (AvgIpc) is 3.12. The molecule has 0 saturated carbocycles. The van der Waals surface area contributed by atoms with Crippen molar-refractivity contribution in [1.29, 1.82) is 0 Å². The van der Waals surface area contributed by atoms with Gasteiger partial charge >= 0.3 is 0 Å². The fraction of sp³-hybridized carbons (Fsp3) is 0.211. The maximum Gasteiger partial charge on any atom is 0.273 e. The molecule has 0 saturated heterocycles. The van der Waals surface area contributed by atoms with E-state index in [2.05, 4.69) is 15.6 Å². The van der Waals surface area contributed by atoms with Crippen LogP contribution in [0.4, 0.5) is 0 Å². The summed E-state index contributed by atoms with van der Waals surface area (Å²) in [4.78, 5) is 12.3. The Morgan fingerprint density at radius 1 is 1.08 bits per heavy atom. The van der Waals surface area contributed by atoms with E-state index in [1.807, 2.05) is 67.6 Å². The Balaban J connectivity index is 1.62. The molecule has 3 rings (SSSR count). The highest BCUT2D eigenvalue weighted by atomic mass is 16.3. The quantitative estimate of drug-likeness (QED) is 0.725. The van der Waals surface area contributed by atoms with Gasteiger partial charge in [0.05, 0.1) is 24.9 Å². The highest BCUT2D eigenvalue weighted by Gasteiger charge is 2.16. The first-order valence-corrected chi connectivity index (χ1v) is 8.12. The van der Waals surface area contributed by atoms with Crippen LogP contribution in [0.2, 0.25) is 0 Å². The number of nitrogens with one attached hydrogen (secondary N) is 1. The van der Waals surface area contributed by atoms with Gasteiger partial charge in [0, 0.05) is 0 Å². The van der Waals surface area contributed by atoms with Gasteiger partial charge in [-0.2, -0.15) is 0 Å². The van der Waals surface area contributed by atoms with Crippen LogP contribution in [0, 0.1) is 0 Å². The van der Waals surface area contributed by atoms with Crippen LogP contribution in [-0.2, 0) is 6.54 Å². The Kier molecular flexibility index (Phi) is 5.20. The summed E-state index contributed by atoms with van der Waals surface area (Å²) in [6.45, 7) is 2.15. The molecule has 6 nitrogen and oxygen atoms in total. The molecular weight excluding hydrogens is 316 g/mol. The lowest BCUT2D eigenvalue weighted by atomic mass is 10.1. The maximum absolute atomic E-state index is 12.3. The number of hydrogen-bond acceptors (Lipinski definition) is 4. The Morgan fingerprint density at radius 2 is 1.68 bits per heavy atom. The SMILES string of the molecule is CC(NC(=O)c1cn(CC(O)c2ccccc2)nn1)c1ccccc1. The van der Waals surface area contributed by atoms with Gasteiger partial charge in [-0.25, -0.2) is 4.68 Å². The molecule has 0 spiro atoms. The zero-order chi connectivity index (χ0) is 17.6. The minimum atomic E-state index is -0.706. The number of amides is 1. The summed E-state index contributed by atoms with van der Waals surface area (Å²) in [5.41, 5.74) is 2.03. The topological polar surface area (TPSA) is 80.0 Å². The van der Waals surface area contributed by atoms with Gasteiger partial charge in [0.2, 0.25) is 0 Å². The summed E-state index contributed by atoms with van der Waals surface area (Å²) in [7, 11) is 0. The van der Waals surface area contributed by atoms with Crippen LogP contribution in [0.15, 0.2) is 66.9 Å². The van der Waals surface area contributed by atoms with Crippen molar-refractivity contribution in [2.45, 2.75) is 25.6 Å². The second-order valence-electron chi connectivity index (χ2n) is 5.86. The molecular formula is C19H20N4O2. The Morgan fingerprint density at radius 3 is 2.32 bits per heavy atom. The molecule has 2 atom stereocenters. The summed E-state index contributed by atoms with van der Waals surface area (Å²) in [5.74, 6) is -0.295. The molecule has 2 unspecified atom stereocenters. The third-order valence-corrected chi connectivity index (χ3v) is 3.96. The molecule has 0 fully saturated rings. The molecule has 6 heteroatoms. The highest BCUT2D eigenvalue weighted by Crippen LogP contribution is 2.15. The molecule has 2 aromatic carbocycles. The van der Waals surface area contributed by atoms with Crippen molar-refractivity contribution < 1.29 is 9.90 Å². The largest absolute Gasteiger partial charge is 0.386 e. The van der Waals surface area contributed by atoms with Gasteiger partial charge in [0.25, 0.3) is 5.91 Å². The second-order valence-corrected chi connectivity index (χ2v) is 5.86. The Hall–Kier alpha value is -2.99. The molecule has 25 heavy (non-hydrogen) atoms. The van der Waals surface area contributed by atoms with Crippen LogP contribution in [0.25, 0.3) is 0 Å². The maximum atomic E-state index is 12.3. The number of aromatic nitrogens is 3. The predicted octanol–water partition coefficient (Wildman–Crippen LogP) is 2.50. The minimum absolute atomic E-state index is 0.131. The van der Waals surface area contributed by atoms with E-state index < -0.39 is 6.10 Å². The minimum Gasteiger partial charge on any atom is -0.386 e. The van der Waals surface area contributed by atoms with E-state index in [1.54, 1.807) is 6.20 Å². The number of hydrogen-bond donors (Lipinski definition) is 2. The van der Waals surface area contributed by atoms with Crippen LogP contribution in [0.5, 0.6) is 0 Å². The summed E-state index contributed by atoms with van der Waals surface area (Å²) in [6, 6.07) is 18.9. The number of nitrogens with zero attached hydrogens (tertiary/aromatic N) is 3. The molecule has 0 radical (unpaired) electrons. The summed E-state index contributed by atoms with van der Waals surface area (Å²) in [5, 5.41) is 20.9. The number of aliphatic hydroxyl groups excluding tert-OH is 1. The molecule has 3 aromatic rings. The monoisotopic (exact) mass is 336 g/mol. The summed E-state index contributed by atoms with van der Waals surface area (Å²) < 4.78 is 1.47. The van der Waals surface area contributed by atoms with Crippen molar-refractivity contribution in [2.24, 2.45) is 0 Å². The van der Waals surface area contributed by atoms with E-state index in [1.165, 1.54) is 4.68 Å². The van der Waals surface area contributed by atoms with Crippen molar-refractivity contribution in [2.75, 3.05) is 0 Å². The van der Waals surface area contributed by atoms with E-state index in [0.717, 1.165) is 11.1 Å². The molecule has 0 aliphatic rings. The average molecular weight is 336 g/mol. The van der Waals surface area contributed by atoms with Gasteiger partial charge in [-0.3, -0.25) is 4.79 Å². The van der Waals surface area contributed by atoms with E-state index in [9.17, 15) is 9.90 Å². The van der Waals surface area contributed by atoms with Gasteiger partial charge < -0.3 is 10.4 Å². The Labute approximate surface area is 146 Å². The lowest BCUT2D eigenvalue weighted by molar-refractivity contribution is 0.0934. The number of carbonyl (C=O) groups excluding carboxylic acids is 1. The fourth-order valence-electron chi connectivity index (χ4n) is 2.55. The third kappa shape index (κ3) is 4.30. The zero-order valence-electron chi connectivity index (χ0n) is 13.9. The predicted molar refractivity (Wildman–Crippen MR) is 93.7 cm³/mol. The molecule has 0 bridgehead atoms. The van der Waals surface area contributed by atoms with Gasteiger partial charge in [0.1, 0.15) is 0 Å². The van der Waals surface area contributed by atoms with Gasteiger partial charge in [-0.05, 0) is 18.1 Å². The van der Waals surface area contributed by atoms with Gasteiger partial charge in [-0.1, -0.05) is 65.9 Å². The van der Waals surface area contributed by atoms with E-state index in [4.69, 9.17) is 0 Å². The lowest BCUT2D eigenvalue weighted by Gasteiger charge is -2.13. The molecule has 1 heterocycles. The number of benzene rings is 2. The first-order valence-electron chi connectivity index (χ1n) is 8.12. The van der Waals surface area contributed by atoms with E-state index >= 15 is 0 Å².